The first kappa shape index (κ1) is 4.31. The third-order valence-electron chi connectivity index (χ3n) is 1.01. The van der Waals surface area contributed by atoms with Crippen LogP contribution in [0, 0.1) is 0 Å². The second-order valence-electron chi connectivity index (χ2n) is 1.67. The van der Waals surface area contributed by atoms with Crippen molar-refractivity contribution in [1.29, 1.82) is 1.43 Å². The van der Waals surface area contributed by atoms with Gasteiger partial charge >= 0.3 is 0 Å². The van der Waals surface area contributed by atoms with Crippen molar-refractivity contribution in [1.82, 2.24) is 0 Å². The summed E-state index contributed by atoms with van der Waals surface area (Å²) in [7, 11) is 0. The van der Waals surface area contributed by atoms with E-state index in [1.807, 2.05) is 0 Å². The van der Waals surface area contributed by atoms with Crippen LogP contribution in [0.2, 0.25) is 5.02 Å². The largest absolute Gasteiger partial charge is 0.392 e. The van der Waals surface area contributed by atoms with Crippen LogP contribution in [0.25, 0.3) is 0 Å². The molecule has 48 valence electrons. The van der Waals surface area contributed by atoms with Crippen LogP contribution in [0.5, 0.6) is 0 Å². The second kappa shape index (κ2) is 2.85. The third kappa shape index (κ3) is 1.70. The van der Waals surface area contributed by atoms with Gasteiger partial charge in [-0.1, -0.05) is 23.7 Å². The van der Waals surface area contributed by atoms with Crippen molar-refractivity contribution in [3.8, 4) is 0 Å². The van der Waals surface area contributed by atoms with Crippen LogP contribution in [-0.4, -0.2) is 6.54 Å². The van der Waals surface area contributed by atoms with Gasteiger partial charge in [-0.2, -0.15) is 0 Å². The summed E-state index contributed by atoms with van der Waals surface area (Å²) in [5.41, 5.74) is 0.629. The van der Waals surface area contributed by atoms with E-state index < -0.39 is 6.58 Å². The molecule has 1 nitrogen and oxygen atoms in total. The van der Waals surface area contributed by atoms with Gasteiger partial charge in [-0.05, 0) is 17.7 Å². The monoisotopic (exact) mass is 144 g/mol. The summed E-state index contributed by atoms with van der Waals surface area (Å²) in [6.45, 7) is -0.938. The van der Waals surface area contributed by atoms with Crippen molar-refractivity contribution in [2.75, 3.05) is 0 Å². The van der Waals surface area contributed by atoms with E-state index in [0.717, 1.165) is 0 Å². The van der Waals surface area contributed by atoms with E-state index in [9.17, 15) is 0 Å². The number of aliphatic hydroxyl groups is 1. The minimum atomic E-state index is -0.938. The Hall–Kier alpha value is -0.530. The van der Waals surface area contributed by atoms with Gasteiger partial charge in [-0.3, -0.25) is 0 Å². The summed E-state index contributed by atoms with van der Waals surface area (Å²) in [6, 6.07) is 6.65. The normalized spacial score (nSPS) is 16.1. The van der Waals surface area contributed by atoms with E-state index in [-0.39, 0.29) is 0 Å². The Balaban J connectivity index is 2.81. The molecule has 0 saturated carbocycles. The Kier molecular flexibility index (Phi) is 1.37. The fourth-order valence-corrected chi connectivity index (χ4v) is 0.667. The zero-order chi connectivity index (χ0) is 8.27. The van der Waals surface area contributed by atoms with Crippen molar-refractivity contribution in [3.63, 3.8) is 0 Å². The minimum absolute atomic E-state index is 0.617. The standard InChI is InChI=1S/C7H7ClO/c8-7-3-1-6(5-9)2-4-7/h1-4,9H,5H2/i5D,9D. The van der Waals surface area contributed by atoms with E-state index in [1.54, 1.807) is 24.3 Å². The maximum atomic E-state index is 7.18. The summed E-state index contributed by atoms with van der Waals surface area (Å²) in [5.74, 6) is 0. The Labute approximate surface area is 61.8 Å². The first-order valence-corrected chi connectivity index (χ1v) is 2.91. The van der Waals surface area contributed by atoms with Gasteiger partial charge in [-0.25, -0.2) is 0 Å². The predicted octanol–water partition coefficient (Wildman–Crippen LogP) is 1.83. The molecule has 1 unspecified atom stereocenters. The van der Waals surface area contributed by atoms with Crippen LogP contribution in [0.4, 0.5) is 0 Å². The molecular formula is C7H7ClO. The maximum Gasteiger partial charge on any atom is 0.211 e. The number of rotatable bonds is 2. The highest BCUT2D eigenvalue weighted by atomic mass is 35.5. The van der Waals surface area contributed by atoms with Crippen molar-refractivity contribution in [2.24, 2.45) is 0 Å². The Morgan fingerprint density at radius 1 is 1.56 bits per heavy atom. The average Bonchev–Trinajstić information content (AvgIpc) is 2.05. The summed E-state index contributed by atoms with van der Waals surface area (Å²) in [5, 5.41) is 4.67. The molecule has 9 heavy (non-hydrogen) atoms. The topological polar surface area (TPSA) is 20.2 Å². The molecule has 0 heterocycles. The molecule has 0 amide bonds. The van der Waals surface area contributed by atoms with Crippen molar-refractivity contribution in [3.05, 3.63) is 34.9 Å². The number of hydrogen-bond donors (Lipinski definition) is 1. The van der Waals surface area contributed by atoms with Gasteiger partial charge < -0.3 is 5.11 Å². The molecule has 0 bridgehead atoms. The van der Waals surface area contributed by atoms with E-state index in [1.165, 1.54) is 0 Å². The number of aliphatic hydroxyl groups excluding tert-OH is 1. The van der Waals surface area contributed by atoms with E-state index in [0.29, 0.717) is 10.6 Å². The maximum absolute atomic E-state index is 7.18. The van der Waals surface area contributed by atoms with E-state index >= 15 is 0 Å². The lowest BCUT2D eigenvalue weighted by molar-refractivity contribution is 0.282. The van der Waals surface area contributed by atoms with Crippen LogP contribution in [0.15, 0.2) is 24.3 Å². The fourth-order valence-electron chi connectivity index (χ4n) is 0.541. The zero-order valence-corrected chi connectivity index (χ0v) is 5.43. The Morgan fingerprint density at radius 2 is 2.22 bits per heavy atom. The SMILES string of the molecule is [2H]OC([2H])c1ccc(Cl)cc1. The Bertz CT molecular complexity index is 224. The highest BCUT2D eigenvalue weighted by Crippen LogP contribution is 2.08. The average molecular weight is 145 g/mol. The van der Waals surface area contributed by atoms with Gasteiger partial charge in [0.25, 0.3) is 0 Å². The summed E-state index contributed by atoms with van der Waals surface area (Å²) in [6.07, 6.45) is 0. The van der Waals surface area contributed by atoms with E-state index in [2.05, 4.69) is 5.11 Å². The molecule has 0 aliphatic rings. The van der Waals surface area contributed by atoms with Crippen LogP contribution >= 0.6 is 11.6 Å². The molecule has 2 heteroatoms. The molecule has 1 aromatic rings. The molecule has 0 saturated heterocycles. The number of hydrogen-bond acceptors (Lipinski definition) is 1. The first-order chi connectivity index (χ1) is 5.24. The lowest BCUT2D eigenvalue weighted by Gasteiger charge is -1.92. The van der Waals surface area contributed by atoms with Gasteiger partial charge in [0.15, 0.2) is 0 Å². The molecular weight excluding hydrogens is 136 g/mol. The van der Waals surface area contributed by atoms with Crippen molar-refractivity contribution < 1.29 is 6.48 Å². The van der Waals surface area contributed by atoms with Gasteiger partial charge in [0.05, 0.1) is 7.95 Å². The molecule has 1 atom stereocenters. The number of benzene rings is 1. The molecule has 0 aliphatic carbocycles. The van der Waals surface area contributed by atoms with Crippen LogP contribution < -0.4 is 0 Å². The van der Waals surface area contributed by atoms with Crippen LogP contribution in [-0.2, 0) is 6.58 Å². The molecule has 0 spiro atoms. The second-order valence-corrected chi connectivity index (χ2v) is 2.11. The van der Waals surface area contributed by atoms with Gasteiger partial charge in [0, 0.05) is 5.02 Å². The highest BCUT2D eigenvalue weighted by molar-refractivity contribution is 6.30. The third-order valence-corrected chi connectivity index (χ3v) is 1.26. The molecule has 1 rings (SSSR count). The quantitative estimate of drug-likeness (QED) is 0.672. The molecule has 1 N–H and O–H groups in total. The molecule has 0 aliphatic heterocycles. The smallest absolute Gasteiger partial charge is 0.211 e. The Morgan fingerprint density at radius 3 is 2.78 bits per heavy atom. The molecule has 1 aromatic carbocycles. The first-order valence-electron chi connectivity index (χ1n) is 3.52. The highest BCUT2D eigenvalue weighted by Gasteiger charge is 1.87. The van der Waals surface area contributed by atoms with E-state index in [4.69, 9.17) is 14.4 Å². The zero-order valence-electron chi connectivity index (χ0n) is 6.67. The van der Waals surface area contributed by atoms with Crippen LogP contribution in [0.3, 0.4) is 0 Å². The summed E-state index contributed by atoms with van der Waals surface area (Å²) < 4.78 is 13.7. The molecule has 0 aromatic heterocycles. The lowest BCUT2D eigenvalue weighted by Crippen LogP contribution is -1.79. The minimum Gasteiger partial charge on any atom is -0.392 e. The lowest BCUT2D eigenvalue weighted by atomic mass is 10.2. The number of halogens is 1. The molecule has 0 fully saturated rings. The summed E-state index contributed by atoms with van der Waals surface area (Å²) >= 11 is 5.61. The predicted molar refractivity (Wildman–Crippen MR) is 37.4 cm³/mol. The van der Waals surface area contributed by atoms with Crippen LogP contribution in [0.1, 0.15) is 6.93 Å². The van der Waals surface area contributed by atoms with Gasteiger partial charge in [-0.15, -0.1) is 0 Å². The fraction of sp³-hybridized carbons (Fsp3) is 0.143. The van der Waals surface area contributed by atoms with Gasteiger partial charge in [0.2, 0.25) is 1.43 Å². The molecule has 0 radical (unpaired) electrons. The van der Waals surface area contributed by atoms with Crippen molar-refractivity contribution >= 4 is 11.6 Å². The summed E-state index contributed by atoms with van der Waals surface area (Å²) in [4.78, 5) is 0. The van der Waals surface area contributed by atoms with Crippen molar-refractivity contribution in [2.45, 2.75) is 6.58 Å². The van der Waals surface area contributed by atoms with Gasteiger partial charge in [0.1, 0.15) is 0 Å².